The van der Waals surface area contributed by atoms with E-state index in [9.17, 15) is 9.36 Å². The normalized spacial score (nSPS) is 31.0. The van der Waals surface area contributed by atoms with E-state index < -0.39 is 13.1 Å². The first-order chi connectivity index (χ1) is 10.7. The molecule has 2 rings (SSSR count). The highest BCUT2D eigenvalue weighted by molar-refractivity contribution is 7.53. The molecule has 6 nitrogen and oxygen atoms in total. The van der Waals surface area contributed by atoms with E-state index in [1.165, 1.54) is 0 Å². The van der Waals surface area contributed by atoms with Crippen LogP contribution in [0, 0.1) is 0 Å². The molecule has 2 fully saturated rings. The quantitative estimate of drug-likeness (QED) is 0.520. The lowest BCUT2D eigenvalue weighted by molar-refractivity contribution is -0.183. The maximum absolute atomic E-state index is 12.9. The number of carbonyl (C=O) groups is 1. The molecule has 0 aromatic rings. The number of rotatable bonds is 7. The van der Waals surface area contributed by atoms with Gasteiger partial charge in [-0.2, -0.15) is 0 Å². The molecule has 0 aliphatic carbocycles. The van der Waals surface area contributed by atoms with Gasteiger partial charge in [0.15, 0.2) is 0 Å². The van der Waals surface area contributed by atoms with Gasteiger partial charge in [0.1, 0.15) is 12.1 Å². The molecule has 0 spiro atoms. The van der Waals surface area contributed by atoms with Gasteiger partial charge in [-0.05, 0) is 47.0 Å². The molecular weight excluding hydrogens is 317 g/mol. The second-order valence-corrected chi connectivity index (χ2v) is 9.07. The van der Waals surface area contributed by atoms with Gasteiger partial charge >= 0.3 is 13.6 Å². The number of hydrogen-bond acceptors (Lipinski definition) is 6. The van der Waals surface area contributed by atoms with Crippen LogP contribution in [-0.4, -0.2) is 54.0 Å². The summed E-state index contributed by atoms with van der Waals surface area (Å²) in [5.74, 6) is -0.149. The molecule has 2 aliphatic rings. The lowest BCUT2D eigenvalue weighted by Gasteiger charge is -2.52. The molecule has 0 unspecified atom stereocenters. The Morgan fingerprint density at radius 1 is 1.26 bits per heavy atom. The highest BCUT2D eigenvalue weighted by Crippen LogP contribution is 2.54. The summed E-state index contributed by atoms with van der Waals surface area (Å²) in [5, 5.41) is 0. The van der Waals surface area contributed by atoms with Gasteiger partial charge in [-0.1, -0.05) is 6.92 Å². The second kappa shape index (κ2) is 6.83. The van der Waals surface area contributed by atoms with Gasteiger partial charge in [-0.3, -0.25) is 14.3 Å². The van der Waals surface area contributed by atoms with E-state index in [0.29, 0.717) is 32.4 Å². The number of esters is 1. The Kier molecular flexibility index (Phi) is 5.62. The predicted molar refractivity (Wildman–Crippen MR) is 88.6 cm³/mol. The molecule has 0 bridgehead atoms. The first-order valence-electron chi connectivity index (χ1n) is 8.59. The van der Waals surface area contributed by atoms with Crippen molar-refractivity contribution in [3.8, 4) is 0 Å². The lowest BCUT2D eigenvalue weighted by atomic mass is 9.86. The first-order valence-corrected chi connectivity index (χ1v) is 10.3. The summed E-state index contributed by atoms with van der Waals surface area (Å²) in [4.78, 5) is 14.7. The maximum atomic E-state index is 12.9. The summed E-state index contributed by atoms with van der Waals surface area (Å²) < 4.78 is 29.3. The smallest absolute Gasteiger partial charge is 0.332 e. The summed E-state index contributed by atoms with van der Waals surface area (Å²) in [6, 6.07) is 0.00160. The summed E-state index contributed by atoms with van der Waals surface area (Å²) in [6.07, 6.45) is 2.55. The van der Waals surface area contributed by atoms with Crippen molar-refractivity contribution in [3.63, 3.8) is 0 Å². The van der Waals surface area contributed by atoms with Crippen LogP contribution in [0.5, 0.6) is 0 Å². The van der Waals surface area contributed by atoms with E-state index in [0.717, 1.165) is 12.8 Å². The fourth-order valence-electron chi connectivity index (χ4n) is 4.18. The number of fused-ring (bicyclic) bond motifs is 1. The molecule has 0 aromatic heterocycles. The van der Waals surface area contributed by atoms with Crippen LogP contribution in [-0.2, 0) is 23.1 Å². The molecule has 7 heteroatoms. The molecule has 2 saturated heterocycles. The Hall–Kier alpha value is -0.420. The SMILES string of the molecule is CCOP(=O)(C[C@H]1CC[C@]2(CC)C(=O)OCC(C)(C)N12)OCC. The molecule has 2 atom stereocenters. The fourth-order valence-corrected chi connectivity index (χ4v) is 6.12. The fraction of sp³-hybridized carbons (Fsp3) is 0.938. The van der Waals surface area contributed by atoms with Gasteiger partial charge in [0.25, 0.3) is 0 Å². The third-order valence-corrected chi connectivity index (χ3v) is 7.15. The van der Waals surface area contributed by atoms with Gasteiger partial charge in [0.05, 0.1) is 24.9 Å². The third-order valence-electron chi connectivity index (χ3n) is 4.98. The van der Waals surface area contributed by atoms with Crippen molar-refractivity contribution in [1.82, 2.24) is 4.90 Å². The van der Waals surface area contributed by atoms with Gasteiger partial charge in [-0.25, -0.2) is 0 Å². The van der Waals surface area contributed by atoms with Crippen molar-refractivity contribution in [2.24, 2.45) is 0 Å². The highest BCUT2D eigenvalue weighted by Gasteiger charge is 2.60. The summed E-state index contributed by atoms with van der Waals surface area (Å²) in [7, 11) is -3.14. The van der Waals surface area contributed by atoms with E-state index in [1.54, 1.807) is 0 Å². The van der Waals surface area contributed by atoms with Crippen LogP contribution in [0.15, 0.2) is 0 Å². The van der Waals surface area contributed by atoms with Crippen molar-refractivity contribution in [3.05, 3.63) is 0 Å². The van der Waals surface area contributed by atoms with Crippen molar-refractivity contribution in [2.75, 3.05) is 26.0 Å². The Morgan fingerprint density at radius 2 is 1.87 bits per heavy atom. The standard InChI is InChI=1S/C16H30NO5P/c1-6-16-10-9-13(11-23(19,21-7-2)22-8-3)17(16)15(4,5)12-20-14(16)18/h13H,6-12H2,1-5H3/t13-,16-/m1/s1. The van der Waals surface area contributed by atoms with E-state index in [4.69, 9.17) is 13.8 Å². The Labute approximate surface area is 139 Å². The van der Waals surface area contributed by atoms with Crippen LogP contribution in [0.4, 0.5) is 0 Å². The molecular formula is C16H30NO5P. The zero-order valence-electron chi connectivity index (χ0n) is 15.0. The molecule has 2 aliphatic heterocycles. The average molecular weight is 347 g/mol. The maximum Gasteiger partial charge on any atom is 0.332 e. The van der Waals surface area contributed by atoms with E-state index >= 15 is 0 Å². The average Bonchev–Trinajstić information content (AvgIpc) is 2.85. The van der Waals surface area contributed by atoms with Gasteiger partial charge in [0, 0.05) is 6.04 Å². The van der Waals surface area contributed by atoms with Crippen molar-refractivity contribution in [2.45, 2.75) is 71.0 Å². The van der Waals surface area contributed by atoms with Crippen LogP contribution in [0.2, 0.25) is 0 Å². The largest absolute Gasteiger partial charge is 0.462 e. The van der Waals surface area contributed by atoms with Gasteiger partial charge in [0.2, 0.25) is 0 Å². The zero-order valence-corrected chi connectivity index (χ0v) is 15.9. The van der Waals surface area contributed by atoms with Crippen LogP contribution in [0.25, 0.3) is 0 Å². The Bertz CT molecular complexity index is 485. The topological polar surface area (TPSA) is 65.1 Å². The third kappa shape index (κ3) is 3.37. The van der Waals surface area contributed by atoms with Crippen LogP contribution >= 0.6 is 7.60 Å². The number of nitrogens with zero attached hydrogens (tertiary/aromatic N) is 1. The number of morpholine rings is 1. The van der Waals surface area contributed by atoms with Gasteiger partial charge in [-0.15, -0.1) is 0 Å². The number of cyclic esters (lactones) is 1. The van der Waals surface area contributed by atoms with Crippen molar-refractivity contribution >= 4 is 13.6 Å². The number of hydrogen-bond donors (Lipinski definition) is 0. The second-order valence-electron chi connectivity index (χ2n) is 6.97. The monoisotopic (exact) mass is 347 g/mol. The molecule has 134 valence electrons. The first kappa shape index (κ1) is 18.9. The van der Waals surface area contributed by atoms with Crippen LogP contribution in [0.3, 0.4) is 0 Å². The minimum atomic E-state index is -3.14. The molecule has 0 saturated carbocycles. The molecule has 0 N–H and O–H groups in total. The number of ether oxygens (including phenoxy) is 1. The van der Waals surface area contributed by atoms with Crippen molar-refractivity contribution in [1.29, 1.82) is 0 Å². The lowest BCUT2D eigenvalue weighted by Crippen LogP contribution is -2.67. The zero-order chi connectivity index (χ0) is 17.3. The minimum Gasteiger partial charge on any atom is -0.462 e. The molecule has 0 amide bonds. The molecule has 23 heavy (non-hydrogen) atoms. The Morgan fingerprint density at radius 3 is 2.39 bits per heavy atom. The van der Waals surface area contributed by atoms with Crippen molar-refractivity contribution < 1.29 is 23.1 Å². The van der Waals surface area contributed by atoms with E-state index in [-0.39, 0.29) is 17.6 Å². The summed E-state index contributed by atoms with van der Waals surface area (Å²) >= 11 is 0. The summed E-state index contributed by atoms with van der Waals surface area (Å²) in [6.45, 7) is 10.9. The summed E-state index contributed by atoms with van der Waals surface area (Å²) in [5.41, 5.74) is -0.885. The number of carbonyl (C=O) groups excluding carboxylic acids is 1. The predicted octanol–water partition coefficient (Wildman–Crippen LogP) is 3.20. The molecule has 2 heterocycles. The van der Waals surface area contributed by atoms with Gasteiger partial charge < -0.3 is 13.8 Å². The highest BCUT2D eigenvalue weighted by atomic mass is 31.2. The minimum absolute atomic E-state index is 0.00160. The Balaban J connectivity index is 2.30. The van der Waals surface area contributed by atoms with E-state index in [1.807, 2.05) is 20.8 Å². The van der Waals surface area contributed by atoms with E-state index in [2.05, 4.69) is 18.7 Å². The molecule has 0 aromatic carbocycles. The van der Waals surface area contributed by atoms with Crippen LogP contribution < -0.4 is 0 Å². The van der Waals surface area contributed by atoms with Crippen LogP contribution in [0.1, 0.15) is 53.9 Å². The molecule has 0 radical (unpaired) electrons.